The molecule has 0 unspecified atom stereocenters. The first-order valence-corrected chi connectivity index (χ1v) is 6.62. The van der Waals surface area contributed by atoms with E-state index >= 15 is 0 Å². The SMILES string of the molecule is COc1ccc(C2(CNC(=O)CN(C)C)CC2)cc1. The van der Waals surface area contributed by atoms with Gasteiger partial charge in [0, 0.05) is 12.0 Å². The summed E-state index contributed by atoms with van der Waals surface area (Å²) in [5, 5.41) is 3.03. The van der Waals surface area contributed by atoms with E-state index in [1.54, 1.807) is 7.11 Å². The Morgan fingerprint density at radius 1 is 1.32 bits per heavy atom. The molecule has 1 aliphatic rings. The Labute approximate surface area is 114 Å². The van der Waals surface area contributed by atoms with Gasteiger partial charge in [0.1, 0.15) is 5.75 Å². The molecule has 1 aliphatic carbocycles. The van der Waals surface area contributed by atoms with Crippen molar-refractivity contribution in [1.29, 1.82) is 0 Å². The molecule has 104 valence electrons. The number of carbonyl (C=O) groups excluding carboxylic acids is 1. The summed E-state index contributed by atoms with van der Waals surface area (Å²) in [5.41, 5.74) is 1.44. The van der Waals surface area contributed by atoms with Crippen LogP contribution < -0.4 is 10.1 Å². The minimum atomic E-state index is 0.0878. The Balaban J connectivity index is 1.93. The van der Waals surface area contributed by atoms with Gasteiger partial charge in [0.05, 0.1) is 13.7 Å². The number of likely N-dealkylation sites (N-methyl/N-ethyl adjacent to an activating group) is 1. The van der Waals surface area contributed by atoms with Crippen molar-refractivity contribution in [3.8, 4) is 5.75 Å². The van der Waals surface area contributed by atoms with Gasteiger partial charge >= 0.3 is 0 Å². The number of methoxy groups -OCH3 is 1. The lowest BCUT2D eigenvalue weighted by Gasteiger charge is -2.18. The van der Waals surface area contributed by atoms with Crippen LogP contribution in [0.1, 0.15) is 18.4 Å². The molecule has 1 aromatic carbocycles. The van der Waals surface area contributed by atoms with Gasteiger partial charge in [-0.2, -0.15) is 0 Å². The highest BCUT2D eigenvalue weighted by Gasteiger charge is 2.44. The monoisotopic (exact) mass is 262 g/mol. The Kier molecular flexibility index (Phi) is 4.10. The molecule has 4 nitrogen and oxygen atoms in total. The number of carbonyl (C=O) groups is 1. The Hall–Kier alpha value is -1.55. The van der Waals surface area contributed by atoms with E-state index in [2.05, 4.69) is 17.4 Å². The predicted molar refractivity (Wildman–Crippen MR) is 75.5 cm³/mol. The van der Waals surface area contributed by atoms with Crippen molar-refractivity contribution in [2.45, 2.75) is 18.3 Å². The molecule has 0 saturated heterocycles. The maximum Gasteiger partial charge on any atom is 0.234 e. The summed E-state index contributed by atoms with van der Waals surface area (Å²) in [6, 6.07) is 8.17. The summed E-state index contributed by atoms with van der Waals surface area (Å²) in [5.74, 6) is 0.959. The van der Waals surface area contributed by atoms with Gasteiger partial charge in [-0.05, 0) is 44.6 Å². The molecular formula is C15H22N2O2. The molecular weight excluding hydrogens is 240 g/mol. The average molecular weight is 262 g/mol. The second-order valence-corrected chi connectivity index (χ2v) is 5.52. The molecule has 1 amide bonds. The first kappa shape index (κ1) is 13.9. The quantitative estimate of drug-likeness (QED) is 0.842. The molecule has 0 heterocycles. The zero-order valence-corrected chi connectivity index (χ0v) is 11.9. The molecule has 1 fully saturated rings. The summed E-state index contributed by atoms with van der Waals surface area (Å²) in [6.45, 7) is 1.17. The standard InChI is InChI=1S/C15H22N2O2/c1-17(2)10-14(18)16-11-15(8-9-15)12-4-6-13(19-3)7-5-12/h4-7H,8-11H2,1-3H3,(H,16,18). The summed E-state index contributed by atoms with van der Waals surface area (Å²) in [6.07, 6.45) is 2.28. The third kappa shape index (κ3) is 3.47. The Morgan fingerprint density at radius 2 is 1.95 bits per heavy atom. The van der Waals surface area contributed by atoms with Crippen molar-refractivity contribution in [3.05, 3.63) is 29.8 Å². The van der Waals surface area contributed by atoms with E-state index in [0.717, 1.165) is 25.1 Å². The molecule has 0 radical (unpaired) electrons. The summed E-state index contributed by atoms with van der Waals surface area (Å²) in [7, 11) is 5.47. The second kappa shape index (κ2) is 5.61. The van der Waals surface area contributed by atoms with Crippen molar-refractivity contribution in [2.75, 3.05) is 34.3 Å². The van der Waals surface area contributed by atoms with Crippen LogP contribution in [0.2, 0.25) is 0 Å². The van der Waals surface area contributed by atoms with Gasteiger partial charge in [-0.1, -0.05) is 12.1 Å². The fourth-order valence-corrected chi connectivity index (χ4v) is 2.27. The van der Waals surface area contributed by atoms with Gasteiger partial charge in [-0.15, -0.1) is 0 Å². The molecule has 2 rings (SSSR count). The van der Waals surface area contributed by atoms with Crippen molar-refractivity contribution in [3.63, 3.8) is 0 Å². The third-order valence-corrected chi connectivity index (χ3v) is 3.64. The van der Waals surface area contributed by atoms with E-state index in [0.29, 0.717) is 6.54 Å². The maximum atomic E-state index is 11.7. The zero-order valence-electron chi connectivity index (χ0n) is 11.9. The topological polar surface area (TPSA) is 41.6 Å². The predicted octanol–water partition coefficient (Wildman–Crippen LogP) is 1.40. The molecule has 1 N–H and O–H groups in total. The van der Waals surface area contributed by atoms with Crippen LogP contribution in [0.4, 0.5) is 0 Å². The molecule has 0 bridgehead atoms. The van der Waals surface area contributed by atoms with Crippen molar-refractivity contribution in [2.24, 2.45) is 0 Å². The average Bonchev–Trinajstić information content (AvgIpc) is 3.17. The minimum absolute atomic E-state index is 0.0878. The first-order valence-electron chi connectivity index (χ1n) is 6.62. The van der Waals surface area contributed by atoms with Crippen molar-refractivity contribution in [1.82, 2.24) is 10.2 Å². The van der Waals surface area contributed by atoms with Crippen LogP contribution in [-0.2, 0) is 10.2 Å². The number of hydrogen-bond acceptors (Lipinski definition) is 3. The fraction of sp³-hybridized carbons (Fsp3) is 0.533. The molecule has 0 aromatic heterocycles. The van der Waals surface area contributed by atoms with Crippen LogP contribution in [0.3, 0.4) is 0 Å². The zero-order chi connectivity index (χ0) is 13.9. The van der Waals surface area contributed by atoms with E-state index in [1.165, 1.54) is 5.56 Å². The largest absolute Gasteiger partial charge is 0.497 e. The maximum absolute atomic E-state index is 11.7. The highest BCUT2D eigenvalue weighted by molar-refractivity contribution is 5.78. The Morgan fingerprint density at radius 3 is 2.42 bits per heavy atom. The highest BCUT2D eigenvalue weighted by atomic mass is 16.5. The second-order valence-electron chi connectivity index (χ2n) is 5.52. The van der Waals surface area contributed by atoms with Crippen molar-refractivity contribution < 1.29 is 9.53 Å². The number of benzene rings is 1. The van der Waals surface area contributed by atoms with Crippen LogP contribution in [0.15, 0.2) is 24.3 Å². The van der Waals surface area contributed by atoms with Crippen LogP contribution in [0.5, 0.6) is 5.75 Å². The summed E-state index contributed by atoms with van der Waals surface area (Å²) in [4.78, 5) is 13.6. The lowest BCUT2D eigenvalue weighted by molar-refractivity contribution is -0.121. The molecule has 0 atom stereocenters. The molecule has 0 spiro atoms. The van der Waals surface area contributed by atoms with E-state index < -0.39 is 0 Å². The normalized spacial score (nSPS) is 16.2. The minimum Gasteiger partial charge on any atom is -0.497 e. The molecule has 1 saturated carbocycles. The van der Waals surface area contributed by atoms with E-state index in [1.807, 2.05) is 31.1 Å². The number of rotatable bonds is 6. The van der Waals surface area contributed by atoms with Crippen LogP contribution in [-0.4, -0.2) is 45.1 Å². The van der Waals surface area contributed by atoms with Gasteiger partial charge in [-0.3, -0.25) is 4.79 Å². The van der Waals surface area contributed by atoms with Crippen LogP contribution in [0, 0.1) is 0 Å². The van der Waals surface area contributed by atoms with Crippen LogP contribution >= 0.6 is 0 Å². The third-order valence-electron chi connectivity index (χ3n) is 3.64. The fourth-order valence-electron chi connectivity index (χ4n) is 2.27. The van der Waals surface area contributed by atoms with Gasteiger partial charge in [0.2, 0.25) is 5.91 Å². The smallest absolute Gasteiger partial charge is 0.234 e. The van der Waals surface area contributed by atoms with Gasteiger partial charge < -0.3 is 15.0 Å². The summed E-state index contributed by atoms with van der Waals surface area (Å²) < 4.78 is 5.17. The number of nitrogens with one attached hydrogen (secondary N) is 1. The van der Waals surface area contributed by atoms with E-state index in [4.69, 9.17) is 4.74 Å². The van der Waals surface area contributed by atoms with Gasteiger partial charge in [0.15, 0.2) is 0 Å². The number of hydrogen-bond donors (Lipinski definition) is 1. The molecule has 1 aromatic rings. The highest BCUT2D eigenvalue weighted by Crippen LogP contribution is 2.47. The van der Waals surface area contributed by atoms with E-state index in [-0.39, 0.29) is 11.3 Å². The first-order chi connectivity index (χ1) is 9.05. The number of amides is 1. The van der Waals surface area contributed by atoms with Gasteiger partial charge in [-0.25, -0.2) is 0 Å². The van der Waals surface area contributed by atoms with E-state index in [9.17, 15) is 4.79 Å². The van der Waals surface area contributed by atoms with Gasteiger partial charge in [0.25, 0.3) is 0 Å². The lowest BCUT2D eigenvalue weighted by Crippen LogP contribution is -2.37. The molecule has 19 heavy (non-hydrogen) atoms. The lowest BCUT2D eigenvalue weighted by atomic mass is 9.96. The van der Waals surface area contributed by atoms with Crippen LogP contribution in [0.25, 0.3) is 0 Å². The molecule has 4 heteroatoms. The Bertz CT molecular complexity index is 436. The summed E-state index contributed by atoms with van der Waals surface area (Å²) >= 11 is 0. The van der Waals surface area contributed by atoms with Crippen molar-refractivity contribution >= 4 is 5.91 Å². The molecule has 0 aliphatic heterocycles. The number of ether oxygens (including phenoxy) is 1. The number of nitrogens with zero attached hydrogens (tertiary/aromatic N) is 1.